The molecule has 0 radical (unpaired) electrons. The van der Waals surface area contributed by atoms with Crippen LogP contribution < -0.4 is 0 Å². The molecule has 2 aromatic rings. The van der Waals surface area contributed by atoms with E-state index in [0.29, 0.717) is 38.9 Å². The smallest absolute Gasteiger partial charge is 0.306 e. The first-order valence-corrected chi connectivity index (χ1v) is 8.36. The molecule has 2 rings (SSSR count). The van der Waals surface area contributed by atoms with Gasteiger partial charge in [0, 0.05) is 10.8 Å². The van der Waals surface area contributed by atoms with Crippen molar-refractivity contribution >= 4 is 40.9 Å². The summed E-state index contributed by atoms with van der Waals surface area (Å²) in [6.45, 7) is 1.69. The van der Waals surface area contributed by atoms with Crippen molar-refractivity contribution in [1.29, 1.82) is 0 Å². The van der Waals surface area contributed by atoms with E-state index < -0.39 is 5.97 Å². The van der Waals surface area contributed by atoms with E-state index in [1.54, 1.807) is 25.1 Å². The summed E-state index contributed by atoms with van der Waals surface area (Å²) < 4.78 is 5.54. The second kappa shape index (κ2) is 7.85. The molecule has 0 fully saturated rings. The fourth-order valence-electron chi connectivity index (χ4n) is 1.71. The Labute approximate surface area is 142 Å². The predicted molar refractivity (Wildman–Crippen MR) is 86.5 cm³/mol. The molecular weight excluding hydrogens is 347 g/mol. The quantitative estimate of drug-likeness (QED) is 0.572. The number of carboxylic acids is 1. The van der Waals surface area contributed by atoms with E-state index in [-0.39, 0.29) is 5.92 Å². The molecule has 5 nitrogen and oxygen atoms in total. The molecule has 22 heavy (non-hydrogen) atoms. The zero-order chi connectivity index (χ0) is 16.1. The minimum atomic E-state index is -0.776. The van der Waals surface area contributed by atoms with Crippen molar-refractivity contribution in [3.8, 4) is 11.5 Å². The topological polar surface area (TPSA) is 76.2 Å². The molecule has 0 spiro atoms. The van der Waals surface area contributed by atoms with Crippen molar-refractivity contribution in [1.82, 2.24) is 10.2 Å². The maximum Gasteiger partial charge on any atom is 0.306 e. The molecule has 1 atom stereocenters. The summed E-state index contributed by atoms with van der Waals surface area (Å²) in [5.41, 5.74) is 0.630. The Bertz CT molecular complexity index is 663. The lowest BCUT2D eigenvalue weighted by atomic mass is 10.1. The molecular formula is C14H14Cl2N2O3S. The minimum Gasteiger partial charge on any atom is -0.481 e. The highest BCUT2D eigenvalue weighted by molar-refractivity contribution is 7.99. The lowest BCUT2D eigenvalue weighted by Crippen LogP contribution is -2.09. The molecule has 118 valence electrons. The van der Waals surface area contributed by atoms with Gasteiger partial charge in [0.05, 0.1) is 16.5 Å². The van der Waals surface area contributed by atoms with E-state index in [4.69, 9.17) is 32.7 Å². The van der Waals surface area contributed by atoms with Gasteiger partial charge in [-0.2, -0.15) is 0 Å². The van der Waals surface area contributed by atoms with Crippen molar-refractivity contribution in [3.63, 3.8) is 0 Å². The molecule has 0 saturated heterocycles. The number of carboxylic acid groups (broad SMARTS) is 1. The standard InChI is InChI=1S/C14H14Cl2N2O3S/c1-8(13(19)20)3-2-6-22-14-18-17-12(21-14)10-5-4-9(15)7-11(10)16/h4-5,7-8H,2-3,6H2,1H3,(H,19,20). The van der Waals surface area contributed by atoms with Crippen LogP contribution in [0.3, 0.4) is 0 Å². The molecule has 1 unspecified atom stereocenters. The number of carbonyl (C=O) groups is 1. The van der Waals surface area contributed by atoms with E-state index in [1.165, 1.54) is 11.8 Å². The zero-order valence-electron chi connectivity index (χ0n) is 11.8. The number of hydrogen-bond donors (Lipinski definition) is 1. The summed E-state index contributed by atoms with van der Waals surface area (Å²) in [4.78, 5) is 10.7. The number of rotatable bonds is 7. The van der Waals surface area contributed by atoms with Gasteiger partial charge in [0.15, 0.2) is 0 Å². The van der Waals surface area contributed by atoms with Crippen molar-refractivity contribution in [3.05, 3.63) is 28.2 Å². The third-order valence-corrected chi connectivity index (χ3v) is 4.45. The van der Waals surface area contributed by atoms with E-state index >= 15 is 0 Å². The Morgan fingerprint density at radius 1 is 1.41 bits per heavy atom. The SMILES string of the molecule is CC(CCCSc1nnc(-c2ccc(Cl)cc2Cl)o1)C(=O)O. The fraction of sp³-hybridized carbons (Fsp3) is 0.357. The second-order valence-corrected chi connectivity index (χ2v) is 6.62. The molecule has 0 aliphatic rings. The highest BCUT2D eigenvalue weighted by Crippen LogP contribution is 2.31. The molecule has 1 heterocycles. The number of hydrogen-bond acceptors (Lipinski definition) is 5. The van der Waals surface area contributed by atoms with E-state index in [9.17, 15) is 4.79 Å². The maximum atomic E-state index is 10.7. The summed E-state index contributed by atoms with van der Waals surface area (Å²) in [6.07, 6.45) is 1.38. The van der Waals surface area contributed by atoms with E-state index in [2.05, 4.69) is 10.2 Å². The summed E-state index contributed by atoms with van der Waals surface area (Å²) in [5.74, 6) is -0.0645. The Kier molecular flexibility index (Phi) is 6.11. The first-order valence-electron chi connectivity index (χ1n) is 6.62. The molecule has 8 heteroatoms. The predicted octanol–water partition coefficient (Wildman–Crippen LogP) is 4.64. The normalized spacial score (nSPS) is 12.3. The molecule has 0 saturated carbocycles. The number of thioether (sulfide) groups is 1. The van der Waals surface area contributed by atoms with Gasteiger partial charge < -0.3 is 9.52 Å². The van der Waals surface area contributed by atoms with Gasteiger partial charge in [0.2, 0.25) is 5.89 Å². The van der Waals surface area contributed by atoms with Gasteiger partial charge in [-0.25, -0.2) is 0 Å². The van der Waals surface area contributed by atoms with Crippen LogP contribution in [0.5, 0.6) is 0 Å². The number of aliphatic carboxylic acids is 1. The van der Waals surface area contributed by atoms with Crippen molar-refractivity contribution < 1.29 is 14.3 Å². The number of nitrogens with zero attached hydrogens (tertiary/aromatic N) is 2. The number of aromatic nitrogens is 2. The highest BCUT2D eigenvalue weighted by Gasteiger charge is 2.14. The van der Waals surface area contributed by atoms with Crippen LogP contribution in [0, 0.1) is 5.92 Å². The van der Waals surface area contributed by atoms with Crippen molar-refractivity contribution in [2.45, 2.75) is 25.0 Å². The maximum absolute atomic E-state index is 10.7. The molecule has 1 aromatic heterocycles. The molecule has 0 aliphatic heterocycles. The molecule has 1 aromatic carbocycles. The van der Waals surface area contributed by atoms with Gasteiger partial charge in [-0.1, -0.05) is 41.9 Å². The van der Waals surface area contributed by atoms with Crippen LogP contribution in [0.2, 0.25) is 10.0 Å². The first-order chi connectivity index (χ1) is 10.5. The van der Waals surface area contributed by atoms with Crippen LogP contribution in [0.25, 0.3) is 11.5 Å². The third-order valence-electron chi connectivity index (χ3n) is 3.00. The monoisotopic (exact) mass is 360 g/mol. The van der Waals surface area contributed by atoms with Crippen LogP contribution in [-0.4, -0.2) is 27.0 Å². The largest absolute Gasteiger partial charge is 0.481 e. The summed E-state index contributed by atoms with van der Waals surface area (Å²) in [7, 11) is 0. The molecule has 0 aliphatic carbocycles. The average molecular weight is 361 g/mol. The van der Waals surface area contributed by atoms with Crippen LogP contribution in [-0.2, 0) is 4.79 Å². The highest BCUT2D eigenvalue weighted by atomic mass is 35.5. The zero-order valence-corrected chi connectivity index (χ0v) is 14.1. The van der Waals surface area contributed by atoms with Gasteiger partial charge in [-0.15, -0.1) is 10.2 Å². The second-order valence-electron chi connectivity index (χ2n) is 4.73. The van der Waals surface area contributed by atoms with Crippen LogP contribution in [0.15, 0.2) is 27.8 Å². The Hall–Kier alpha value is -1.24. The van der Waals surface area contributed by atoms with Crippen LogP contribution >= 0.6 is 35.0 Å². The lowest BCUT2D eigenvalue weighted by Gasteiger charge is -2.03. The van der Waals surface area contributed by atoms with E-state index in [0.717, 1.165) is 6.42 Å². The van der Waals surface area contributed by atoms with Crippen molar-refractivity contribution in [2.24, 2.45) is 5.92 Å². The third kappa shape index (κ3) is 4.63. The molecule has 0 bridgehead atoms. The Morgan fingerprint density at radius 3 is 2.86 bits per heavy atom. The fourth-order valence-corrected chi connectivity index (χ4v) is 2.92. The number of benzene rings is 1. The first kappa shape index (κ1) is 17.1. The molecule has 1 N–H and O–H groups in total. The van der Waals surface area contributed by atoms with Gasteiger partial charge in [-0.05, 0) is 31.0 Å². The molecule has 0 amide bonds. The Morgan fingerprint density at radius 2 is 2.18 bits per heavy atom. The van der Waals surface area contributed by atoms with Gasteiger partial charge in [-0.3, -0.25) is 4.79 Å². The Balaban J connectivity index is 1.90. The van der Waals surface area contributed by atoms with Gasteiger partial charge in [0.1, 0.15) is 0 Å². The summed E-state index contributed by atoms with van der Waals surface area (Å²) >= 11 is 13.3. The van der Waals surface area contributed by atoms with Crippen LogP contribution in [0.4, 0.5) is 0 Å². The minimum absolute atomic E-state index is 0.336. The van der Waals surface area contributed by atoms with E-state index in [1.807, 2.05) is 0 Å². The van der Waals surface area contributed by atoms with Gasteiger partial charge in [0.25, 0.3) is 5.22 Å². The number of halogens is 2. The lowest BCUT2D eigenvalue weighted by molar-refractivity contribution is -0.141. The van der Waals surface area contributed by atoms with Crippen LogP contribution in [0.1, 0.15) is 19.8 Å². The summed E-state index contributed by atoms with van der Waals surface area (Å²) in [6, 6.07) is 5.04. The van der Waals surface area contributed by atoms with Crippen molar-refractivity contribution in [2.75, 3.05) is 5.75 Å². The summed E-state index contributed by atoms with van der Waals surface area (Å²) in [5, 5.41) is 18.1. The average Bonchev–Trinajstić information content (AvgIpc) is 2.91. The van der Waals surface area contributed by atoms with Gasteiger partial charge >= 0.3 is 5.97 Å².